The Balaban J connectivity index is 1.61. The maximum Gasteiger partial charge on any atom is 0.236 e. The van der Waals surface area contributed by atoms with E-state index in [4.69, 9.17) is 0 Å². The molecule has 1 saturated heterocycles. The first-order chi connectivity index (χ1) is 15.3. The van der Waals surface area contributed by atoms with Crippen molar-refractivity contribution in [2.24, 2.45) is 5.92 Å². The lowest BCUT2D eigenvalue weighted by atomic mass is 9.96. The number of rotatable bonds is 9. The zero-order valence-electron chi connectivity index (χ0n) is 18.9. The minimum Gasteiger partial charge on any atom is -0.337 e. The molecule has 0 saturated carbocycles. The molecule has 6 nitrogen and oxygen atoms in total. The molecule has 1 fully saturated rings. The van der Waals surface area contributed by atoms with Gasteiger partial charge in [0.05, 0.1) is 0 Å². The van der Waals surface area contributed by atoms with Crippen LogP contribution in [0.2, 0.25) is 0 Å². The molecule has 2 aromatic rings. The molecule has 32 heavy (non-hydrogen) atoms. The molecule has 7 heteroatoms. The quantitative estimate of drug-likeness (QED) is 0.582. The Bertz CT molecular complexity index is 984. The molecule has 0 aliphatic carbocycles. The molecule has 0 bridgehead atoms. The topological polar surface area (TPSA) is 60.9 Å². The highest BCUT2D eigenvalue weighted by molar-refractivity contribution is 7.92. The zero-order valence-corrected chi connectivity index (χ0v) is 19.7. The van der Waals surface area contributed by atoms with Crippen LogP contribution in [0.4, 0.5) is 0 Å². The summed E-state index contributed by atoms with van der Waals surface area (Å²) in [5, 5.41) is 1.27. The van der Waals surface area contributed by atoms with Crippen LogP contribution in [0, 0.1) is 5.92 Å². The van der Waals surface area contributed by atoms with Crippen molar-refractivity contribution in [2.75, 3.05) is 40.3 Å². The third-order valence-corrected chi connectivity index (χ3v) is 7.31. The van der Waals surface area contributed by atoms with Gasteiger partial charge in [0, 0.05) is 44.0 Å². The standard InChI is InChI=1S/C25H33N3O3S/c1-26(2)18-19-27(21-23-11-7-4-8-12-23)25(29)24-13-16-28(17-14-24)32(30,31)20-15-22-9-5-3-6-10-22/h3-12,15,20,24H,13-14,16-19,21H2,1-2H3/b20-15+. The molecule has 0 atom stereocenters. The fourth-order valence-electron chi connectivity index (χ4n) is 3.82. The monoisotopic (exact) mass is 455 g/mol. The second-order valence-electron chi connectivity index (χ2n) is 8.48. The molecular weight excluding hydrogens is 422 g/mol. The molecule has 0 unspecified atom stereocenters. The van der Waals surface area contributed by atoms with E-state index in [1.807, 2.05) is 79.7 Å². The Morgan fingerprint density at radius 2 is 1.56 bits per heavy atom. The highest BCUT2D eigenvalue weighted by atomic mass is 32.2. The van der Waals surface area contributed by atoms with Crippen molar-refractivity contribution in [3.05, 3.63) is 77.2 Å². The number of amides is 1. The van der Waals surface area contributed by atoms with Gasteiger partial charge in [0.1, 0.15) is 0 Å². The van der Waals surface area contributed by atoms with Crippen LogP contribution in [0.3, 0.4) is 0 Å². The van der Waals surface area contributed by atoms with E-state index in [9.17, 15) is 13.2 Å². The van der Waals surface area contributed by atoms with E-state index in [0.29, 0.717) is 39.0 Å². The van der Waals surface area contributed by atoms with Gasteiger partial charge >= 0.3 is 0 Å². The SMILES string of the molecule is CN(C)CCN(Cc1ccccc1)C(=O)C1CCN(S(=O)(=O)/C=C/c2ccccc2)CC1. The fourth-order valence-corrected chi connectivity index (χ4v) is 5.04. The summed E-state index contributed by atoms with van der Waals surface area (Å²) in [6.07, 6.45) is 2.71. The molecule has 0 N–H and O–H groups in total. The Morgan fingerprint density at radius 1 is 0.969 bits per heavy atom. The van der Waals surface area contributed by atoms with Crippen molar-refractivity contribution in [1.29, 1.82) is 0 Å². The molecule has 1 heterocycles. The molecule has 3 rings (SSSR count). The molecule has 2 aromatic carbocycles. The number of benzene rings is 2. The van der Waals surface area contributed by atoms with Gasteiger partial charge in [-0.1, -0.05) is 60.7 Å². The van der Waals surface area contributed by atoms with Gasteiger partial charge in [-0.2, -0.15) is 4.31 Å². The highest BCUT2D eigenvalue weighted by Crippen LogP contribution is 2.23. The van der Waals surface area contributed by atoms with Gasteiger partial charge in [-0.25, -0.2) is 8.42 Å². The molecule has 0 aromatic heterocycles. The number of carbonyl (C=O) groups excluding carboxylic acids is 1. The Kier molecular flexibility index (Phi) is 8.61. The first-order valence-electron chi connectivity index (χ1n) is 11.1. The van der Waals surface area contributed by atoms with E-state index in [2.05, 4.69) is 4.90 Å². The van der Waals surface area contributed by atoms with Crippen molar-refractivity contribution in [2.45, 2.75) is 19.4 Å². The Labute approximate surface area is 192 Å². The van der Waals surface area contributed by atoms with Gasteiger partial charge in [-0.05, 0) is 44.1 Å². The number of piperidine rings is 1. The summed E-state index contributed by atoms with van der Waals surface area (Å²) in [7, 11) is 0.495. The fraction of sp³-hybridized carbons (Fsp3) is 0.400. The maximum absolute atomic E-state index is 13.3. The molecular formula is C25H33N3O3S. The maximum atomic E-state index is 13.3. The summed E-state index contributed by atoms with van der Waals surface area (Å²) >= 11 is 0. The number of likely N-dealkylation sites (N-methyl/N-ethyl adjacent to an activating group) is 1. The largest absolute Gasteiger partial charge is 0.337 e. The van der Waals surface area contributed by atoms with Crippen molar-refractivity contribution in [3.8, 4) is 0 Å². The minimum absolute atomic E-state index is 0.118. The predicted molar refractivity (Wildman–Crippen MR) is 129 cm³/mol. The minimum atomic E-state index is -3.50. The van der Waals surface area contributed by atoms with Crippen LogP contribution in [0.1, 0.15) is 24.0 Å². The van der Waals surface area contributed by atoms with Gasteiger partial charge in [0.25, 0.3) is 0 Å². The summed E-state index contributed by atoms with van der Waals surface area (Å²) < 4.78 is 26.9. The van der Waals surface area contributed by atoms with E-state index < -0.39 is 10.0 Å². The number of sulfonamides is 1. The van der Waals surface area contributed by atoms with Crippen LogP contribution in [-0.4, -0.2) is 68.7 Å². The average molecular weight is 456 g/mol. The van der Waals surface area contributed by atoms with Gasteiger partial charge in [0.2, 0.25) is 15.9 Å². The van der Waals surface area contributed by atoms with Gasteiger partial charge in [0.15, 0.2) is 0 Å². The molecule has 1 amide bonds. The van der Waals surface area contributed by atoms with Crippen molar-refractivity contribution in [3.63, 3.8) is 0 Å². The van der Waals surface area contributed by atoms with E-state index in [0.717, 1.165) is 17.7 Å². The summed E-state index contributed by atoms with van der Waals surface area (Å²) in [5.74, 6) is -0.0296. The highest BCUT2D eigenvalue weighted by Gasteiger charge is 2.32. The zero-order chi connectivity index (χ0) is 23.0. The Morgan fingerprint density at radius 3 is 2.16 bits per heavy atom. The van der Waals surface area contributed by atoms with E-state index >= 15 is 0 Å². The summed E-state index contributed by atoms with van der Waals surface area (Å²) in [4.78, 5) is 17.3. The molecule has 172 valence electrons. The summed E-state index contributed by atoms with van der Waals surface area (Å²) in [6, 6.07) is 19.4. The van der Waals surface area contributed by atoms with E-state index in [1.54, 1.807) is 6.08 Å². The van der Waals surface area contributed by atoms with Crippen molar-refractivity contribution < 1.29 is 13.2 Å². The average Bonchev–Trinajstić information content (AvgIpc) is 2.81. The molecule has 1 aliphatic rings. The van der Waals surface area contributed by atoms with Crippen molar-refractivity contribution in [1.82, 2.24) is 14.1 Å². The summed E-state index contributed by atoms with van der Waals surface area (Å²) in [5.41, 5.74) is 1.95. The first-order valence-corrected chi connectivity index (χ1v) is 12.6. The normalized spacial score (nSPS) is 16.0. The van der Waals surface area contributed by atoms with Crippen molar-refractivity contribution >= 4 is 22.0 Å². The lowest BCUT2D eigenvalue weighted by molar-refractivity contribution is -0.137. The number of nitrogens with zero attached hydrogens (tertiary/aromatic N) is 3. The molecule has 0 spiro atoms. The second-order valence-corrected chi connectivity index (χ2v) is 10.3. The van der Waals surface area contributed by atoms with Crippen LogP contribution in [0.25, 0.3) is 6.08 Å². The van der Waals surface area contributed by atoms with Gasteiger partial charge < -0.3 is 9.80 Å². The van der Waals surface area contributed by atoms with Crippen LogP contribution in [0.5, 0.6) is 0 Å². The van der Waals surface area contributed by atoms with Gasteiger partial charge in [-0.15, -0.1) is 0 Å². The second kappa shape index (κ2) is 11.4. The number of hydrogen-bond donors (Lipinski definition) is 0. The number of hydrogen-bond acceptors (Lipinski definition) is 4. The first kappa shape index (κ1) is 24.2. The van der Waals surface area contributed by atoms with Crippen LogP contribution in [0.15, 0.2) is 66.1 Å². The predicted octanol–water partition coefficient (Wildman–Crippen LogP) is 3.29. The van der Waals surface area contributed by atoms with Crippen LogP contribution in [-0.2, 0) is 21.4 Å². The lowest BCUT2D eigenvalue weighted by Gasteiger charge is -2.33. The smallest absolute Gasteiger partial charge is 0.236 e. The Hall–Kier alpha value is -2.48. The molecule has 0 radical (unpaired) electrons. The van der Waals surface area contributed by atoms with Crippen LogP contribution < -0.4 is 0 Å². The lowest BCUT2D eigenvalue weighted by Crippen LogP contribution is -2.45. The van der Waals surface area contributed by atoms with Crippen LogP contribution >= 0.6 is 0 Å². The van der Waals surface area contributed by atoms with E-state index in [-0.39, 0.29) is 11.8 Å². The third-order valence-electron chi connectivity index (χ3n) is 5.74. The third kappa shape index (κ3) is 7.02. The number of carbonyl (C=O) groups is 1. The van der Waals surface area contributed by atoms with Gasteiger partial charge in [-0.3, -0.25) is 4.79 Å². The molecule has 1 aliphatic heterocycles. The summed E-state index contributed by atoms with van der Waals surface area (Å²) in [6.45, 7) is 2.75. The van der Waals surface area contributed by atoms with E-state index in [1.165, 1.54) is 9.71 Å².